The first-order valence-corrected chi connectivity index (χ1v) is 8.09. The van der Waals surface area contributed by atoms with E-state index in [1.807, 2.05) is 6.07 Å². The maximum atomic E-state index is 13.1. The molecule has 0 saturated carbocycles. The fourth-order valence-electron chi connectivity index (χ4n) is 2.92. The zero-order valence-corrected chi connectivity index (χ0v) is 13.8. The lowest BCUT2D eigenvalue weighted by Gasteiger charge is -2.17. The summed E-state index contributed by atoms with van der Waals surface area (Å²) in [6, 6.07) is 11.2. The van der Waals surface area contributed by atoms with Crippen LogP contribution in [0.25, 0.3) is 11.1 Å². The Morgan fingerprint density at radius 2 is 1.88 bits per heavy atom. The number of hydrogen-bond acceptors (Lipinski definition) is 4. The van der Waals surface area contributed by atoms with Crippen LogP contribution in [0.1, 0.15) is 11.3 Å². The lowest BCUT2D eigenvalue weighted by Crippen LogP contribution is -2.30. The van der Waals surface area contributed by atoms with E-state index in [9.17, 15) is 9.18 Å². The molecule has 0 bridgehead atoms. The molecule has 26 heavy (non-hydrogen) atoms. The molecule has 4 rings (SSSR count). The van der Waals surface area contributed by atoms with Crippen LogP contribution in [0.3, 0.4) is 0 Å². The Hall–Kier alpha value is -3.48. The molecule has 1 aliphatic rings. The lowest BCUT2D eigenvalue weighted by atomic mass is 10.0. The molecule has 2 heterocycles. The van der Waals surface area contributed by atoms with Gasteiger partial charge in [-0.05, 0) is 35.4 Å². The minimum atomic E-state index is -0.297. The predicted molar refractivity (Wildman–Crippen MR) is 96.5 cm³/mol. The van der Waals surface area contributed by atoms with Crippen molar-refractivity contribution >= 4 is 17.4 Å². The van der Waals surface area contributed by atoms with Crippen LogP contribution in [-0.4, -0.2) is 20.9 Å². The van der Waals surface area contributed by atoms with Gasteiger partial charge in [0.05, 0.1) is 30.2 Å². The monoisotopic (exact) mass is 349 g/mol. The van der Waals surface area contributed by atoms with Gasteiger partial charge < -0.3 is 16.0 Å². The Kier molecular flexibility index (Phi) is 3.96. The number of urea groups is 1. The number of fused-ring (bicyclic) bond motifs is 1. The summed E-state index contributed by atoms with van der Waals surface area (Å²) in [4.78, 5) is 22.4. The number of hydrogen-bond donors (Lipinski definition) is 2. The molecule has 0 radical (unpaired) electrons. The maximum absolute atomic E-state index is 13.1. The lowest BCUT2D eigenvalue weighted by molar-refractivity contribution is 0.212. The third-order valence-corrected chi connectivity index (χ3v) is 4.34. The largest absolute Gasteiger partial charge is 0.397 e. The van der Waals surface area contributed by atoms with Crippen molar-refractivity contribution < 1.29 is 9.18 Å². The van der Waals surface area contributed by atoms with Gasteiger partial charge in [-0.2, -0.15) is 0 Å². The third kappa shape index (κ3) is 3.06. The molecule has 130 valence electrons. The van der Waals surface area contributed by atoms with Crippen LogP contribution < -0.4 is 11.1 Å². The number of nitrogen functional groups attached to an aromatic ring is 1. The molecule has 0 fully saturated rings. The number of carbonyl (C=O) groups is 1. The molecule has 0 unspecified atom stereocenters. The van der Waals surface area contributed by atoms with Gasteiger partial charge in [0.2, 0.25) is 0 Å². The van der Waals surface area contributed by atoms with Gasteiger partial charge in [-0.3, -0.25) is 0 Å². The Balaban J connectivity index is 1.54. The molecular weight excluding hydrogens is 333 g/mol. The van der Waals surface area contributed by atoms with Crippen molar-refractivity contribution in [3.05, 3.63) is 72.1 Å². The molecule has 0 saturated heterocycles. The molecule has 2 amide bonds. The van der Waals surface area contributed by atoms with E-state index in [0.29, 0.717) is 24.5 Å². The normalized spacial score (nSPS) is 12.7. The minimum absolute atomic E-state index is 0.258. The van der Waals surface area contributed by atoms with Crippen LogP contribution in [0.4, 0.5) is 20.6 Å². The number of aromatic nitrogens is 2. The fraction of sp³-hybridized carbons (Fsp3) is 0.105. The summed E-state index contributed by atoms with van der Waals surface area (Å²) in [6.45, 7) is 0.890. The van der Waals surface area contributed by atoms with E-state index in [-0.39, 0.29) is 11.8 Å². The number of nitrogens with two attached hydrogens (primary N) is 1. The summed E-state index contributed by atoms with van der Waals surface area (Å²) in [5.41, 5.74) is 10.4. The first-order chi connectivity index (χ1) is 12.6. The molecule has 7 heteroatoms. The fourth-order valence-corrected chi connectivity index (χ4v) is 2.92. The molecule has 1 aromatic heterocycles. The van der Waals surface area contributed by atoms with Gasteiger partial charge in [0.15, 0.2) is 0 Å². The van der Waals surface area contributed by atoms with Crippen molar-refractivity contribution in [2.24, 2.45) is 0 Å². The molecular formula is C19H16FN5O. The highest BCUT2D eigenvalue weighted by Gasteiger charge is 2.24. The van der Waals surface area contributed by atoms with E-state index in [1.165, 1.54) is 18.5 Å². The highest BCUT2D eigenvalue weighted by molar-refractivity contribution is 5.94. The summed E-state index contributed by atoms with van der Waals surface area (Å²) < 4.78 is 13.1. The van der Waals surface area contributed by atoms with Gasteiger partial charge in [-0.15, -0.1) is 0 Å². The van der Waals surface area contributed by atoms with E-state index in [2.05, 4.69) is 15.3 Å². The summed E-state index contributed by atoms with van der Waals surface area (Å²) in [6.07, 6.45) is 3.20. The SMILES string of the molecule is Nc1ccc(-c2ccc(F)cc2)cc1NC(=O)N1Cc2cncnc2C1. The van der Waals surface area contributed by atoms with Crippen LogP contribution in [0.5, 0.6) is 0 Å². The average Bonchev–Trinajstić information content (AvgIpc) is 3.09. The van der Waals surface area contributed by atoms with Gasteiger partial charge >= 0.3 is 6.03 Å². The van der Waals surface area contributed by atoms with E-state index in [4.69, 9.17) is 5.73 Å². The standard InChI is InChI=1S/C19H16FN5O/c20-15-4-1-12(2-5-15)13-3-6-16(21)17(7-13)24-19(26)25-9-14-8-22-11-23-18(14)10-25/h1-8,11H,9-10,21H2,(H,24,26). The number of nitrogens with one attached hydrogen (secondary N) is 1. The minimum Gasteiger partial charge on any atom is -0.397 e. The topological polar surface area (TPSA) is 84.1 Å². The predicted octanol–water partition coefficient (Wildman–Crippen LogP) is 3.41. The van der Waals surface area contributed by atoms with E-state index >= 15 is 0 Å². The number of amides is 2. The van der Waals surface area contributed by atoms with Crippen LogP contribution >= 0.6 is 0 Å². The van der Waals surface area contributed by atoms with Gasteiger partial charge in [0, 0.05) is 11.8 Å². The second-order valence-corrected chi connectivity index (χ2v) is 6.09. The van der Waals surface area contributed by atoms with Crippen molar-refractivity contribution in [2.75, 3.05) is 11.1 Å². The van der Waals surface area contributed by atoms with Gasteiger partial charge in [-0.25, -0.2) is 19.2 Å². The second-order valence-electron chi connectivity index (χ2n) is 6.09. The molecule has 3 N–H and O–H groups in total. The molecule has 0 atom stereocenters. The Bertz CT molecular complexity index is 949. The number of carbonyl (C=O) groups excluding carboxylic acids is 1. The molecule has 3 aromatic rings. The first kappa shape index (κ1) is 16.0. The molecule has 2 aromatic carbocycles. The number of nitrogens with zero attached hydrogens (tertiary/aromatic N) is 3. The van der Waals surface area contributed by atoms with E-state index < -0.39 is 0 Å². The summed E-state index contributed by atoms with van der Waals surface area (Å²) >= 11 is 0. The molecule has 6 nitrogen and oxygen atoms in total. The van der Waals surface area contributed by atoms with Crippen molar-refractivity contribution in [1.82, 2.24) is 14.9 Å². The van der Waals surface area contributed by atoms with Crippen molar-refractivity contribution in [3.63, 3.8) is 0 Å². The third-order valence-electron chi connectivity index (χ3n) is 4.34. The van der Waals surface area contributed by atoms with Gasteiger partial charge in [0.25, 0.3) is 0 Å². The zero-order chi connectivity index (χ0) is 18.1. The number of rotatable bonds is 2. The summed E-state index contributed by atoms with van der Waals surface area (Å²) in [7, 11) is 0. The van der Waals surface area contributed by atoms with Gasteiger partial charge in [-0.1, -0.05) is 18.2 Å². The van der Waals surface area contributed by atoms with Crippen LogP contribution in [0, 0.1) is 5.82 Å². The second kappa shape index (κ2) is 6.44. The Labute approximate surface area is 149 Å². The van der Waals surface area contributed by atoms with E-state index in [0.717, 1.165) is 22.4 Å². The van der Waals surface area contributed by atoms with Crippen molar-refractivity contribution in [3.8, 4) is 11.1 Å². The zero-order valence-electron chi connectivity index (χ0n) is 13.8. The summed E-state index contributed by atoms with van der Waals surface area (Å²) in [5.74, 6) is -0.297. The molecule has 0 spiro atoms. The highest BCUT2D eigenvalue weighted by atomic mass is 19.1. The smallest absolute Gasteiger partial charge is 0.322 e. The quantitative estimate of drug-likeness (QED) is 0.695. The summed E-state index contributed by atoms with van der Waals surface area (Å²) in [5, 5.41) is 2.85. The van der Waals surface area contributed by atoms with E-state index in [1.54, 1.807) is 35.4 Å². The van der Waals surface area contributed by atoms with Crippen LogP contribution in [-0.2, 0) is 13.1 Å². The molecule has 1 aliphatic heterocycles. The van der Waals surface area contributed by atoms with Crippen LogP contribution in [0.15, 0.2) is 55.0 Å². The number of benzene rings is 2. The van der Waals surface area contributed by atoms with Crippen molar-refractivity contribution in [2.45, 2.75) is 13.1 Å². The van der Waals surface area contributed by atoms with Gasteiger partial charge in [0.1, 0.15) is 12.1 Å². The first-order valence-electron chi connectivity index (χ1n) is 8.09. The van der Waals surface area contributed by atoms with Crippen molar-refractivity contribution in [1.29, 1.82) is 0 Å². The molecule has 0 aliphatic carbocycles. The maximum Gasteiger partial charge on any atom is 0.322 e. The number of halogens is 1. The van der Waals surface area contributed by atoms with Crippen LogP contribution in [0.2, 0.25) is 0 Å². The average molecular weight is 349 g/mol. The Morgan fingerprint density at radius 1 is 1.12 bits per heavy atom. The number of anilines is 2. The highest BCUT2D eigenvalue weighted by Crippen LogP contribution is 2.28. The Morgan fingerprint density at radius 3 is 2.65 bits per heavy atom.